The first-order chi connectivity index (χ1) is 9.92. The number of nitrogens with zero attached hydrogens (tertiary/aromatic N) is 1. The smallest absolute Gasteiger partial charge is 0.310 e. The molecule has 112 valence electrons. The van der Waals surface area contributed by atoms with Crippen LogP contribution in [0.5, 0.6) is 0 Å². The molecular weight excluding hydrogens is 294 g/mol. The lowest BCUT2D eigenvalue weighted by Crippen LogP contribution is -2.38. The van der Waals surface area contributed by atoms with E-state index in [2.05, 4.69) is 0 Å². The monoisotopic (exact) mass is 309 g/mol. The van der Waals surface area contributed by atoms with Gasteiger partial charge in [-0.05, 0) is 49.7 Å². The highest BCUT2D eigenvalue weighted by Gasteiger charge is 2.56. The second kappa shape index (κ2) is 4.98. The van der Waals surface area contributed by atoms with E-state index in [9.17, 15) is 20.0 Å². The molecule has 1 aromatic rings. The number of halogens is 1. The molecule has 6 heteroatoms. The molecule has 1 aromatic carbocycles. The molecule has 2 saturated carbocycles. The standard InChI is InChI=1S/C15H16ClNO4/c16-12-3-4-13(17(20)21)10(6-12)8-15(14(18)19)7-9-1-2-11(15)5-9/h3-4,6,9,11H,1-2,5,7-8H2,(H,18,19). The van der Waals surface area contributed by atoms with E-state index >= 15 is 0 Å². The number of hydrogen-bond donors (Lipinski definition) is 1. The molecule has 0 saturated heterocycles. The van der Waals surface area contributed by atoms with E-state index in [1.807, 2.05) is 0 Å². The number of nitro benzene ring substituents is 1. The number of rotatable bonds is 4. The minimum Gasteiger partial charge on any atom is -0.481 e. The van der Waals surface area contributed by atoms with Crippen molar-refractivity contribution in [3.05, 3.63) is 38.9 Å². The van der Waals surface area contributed by atoms with Gasteiger partial charge in [-0.25, -0.2) is 0 Å². The highest BCUT2D eigenvalue weighted by atomic mass is 35.5. The average Bonchev–Trinajstić information content (AvgIpc) is 2.99. The van der Waals surface area contributed by atoms with Crippen molar-refractivity contribution in [2.75, 3.05) is 0 Å². The van der Waals surface area contributed by atoms with Crippen LogP contribution in [0.4, 0.5) is 5.69 Å². The van der Waals surface area contributed by atoms with E-state index in [1.165, 1.54) is 18.2 Å². The Bertz CT molecular complexity index is 618. The van der Waals surface area contributed by atoms with Crippen LogP contribution in [0.1, 0.15) is 31.2 Å². The lowest BCUT2D eigenvalue weighted by Gasteiger charge is -2.33. The summed E-state index contributed by atoms with van der Waals surface area (Å²) < 4.78 is 0. The molecule has 0 radical (unpaired) electrons. The number of nitro groups is 1. The molecule has 21 heavy (non-hydrogen) atoms. The molecule has 2 aliphatic carbocycles. The van der Waals surface area contributed by atoms with Crippen LogP contribution < -0.4 is 0 Å². The van der Waals surface area contributed by atoms with Crippen LogP contribution in [0.15, 0.2) is 18.2 Å². The second-order valence-electron chi connectivity index (χ2n) is 6.25. The van der Waals surface area contributed by atoms with Gasteiger partial charge in [-0.3, -0.25) is 14.9 Å². The van der Waals surface area contributed by atoms with Crippen LogP contribution in [-0.4, -0.2) is 16.0 Å². The Kier molecular flexibility index (Phi) is 3.40. The summed E-state index contributed by atoms with van der Waals surface area (Å²) in [5, 5.41) is 21.3. The Morgan fingerprint density at radius 1 is 1.48 bits per heavy atom. The number of fused-ring (bicyclic) bond motifs is 2. The maximum absolute atomic E-state index is 11.9. The quantitative estimate of drug-likeness (QED) is 0.679. The molecule has 3 unspecified atom stereocenters. The Balaban J connectivity index is 2.00. The highest BCUT2D eigenvalue weighted by molar-refractivity contribution is 6.30. The zero-order valence-corrected chi connectivity index (χ0v) is 12.2. The lowest BCUT2D eigenvalue weighted by molar-refractivity contribution is -0.385. The van der Waals surface area contributed by atoms with Crippen LogP contribution in [0.2, 0.25) is 5.02 Å². The predicted molar refractivity (Wildman–Crippen MR) is 77.3 cm³/mol. The van der Waals surface area contributed by atoms with E-state index in [0.29, 0.717) is 22.9 Å². The molecule has 2 aliphatic rings. The lowest BCUT2D eigenvalue weighted by atomic mass is 9.69. The number of carboxylic acids is 1. The second-order valence-corrected chi connectivity index (χ2v) is 6.68. The van der Waals surface area contributed by atoms with E-state index in [4.69, 9.17) is 11.6 Å². The van der Waals surface area contributed by atoms with Crippen molar-refractivity contribution in [3.8, 4) is 0 Å². The normalized spacial score (nSPS) is 30.5. The number of carbonyl (C=O) groups is 1. The topological polar surface area (TPSA) is 80.4 Å². The maximum atomic E-state index is 11.9. The molecule has 5 nitrogen and oxygen atoms in total. The Hall–Kier alpha value is -1.62. The van der Waals surface area contributed by atoms with Gasteiger partial charge in [-0.1, -0.05) is 18.0 Å². The number of benzene rings is 1. The van der Waals surface area contributed by atoms with Gasteiger partial charge in [0.2, 0.25) is 0 Å². The molecule has 0 aromatic heterocycles. The first-order valence-corrected chi connectivity index (χ1v) is 7.46. The molecule has 2 bridgehead atoms. The fraction of sp³-hybridized carbons (Fsp3) is 0.533. The summed E-state index contributed by atoms with van der Waals surface area (Å²) in [7, 11) is 0. The van der Waals surface area contributed by atoms with Gasteiger partial charge in [-0.2, -0.15) is 0 Å². The van der Waals surface area contributed by atoms with Gasteiger partial charge >= 0.3 is 5.97 Å². The maximum Gasteiger partial charge on any atom is 0.310 e. The third-order valence-corrected chi connectivity index (χ3v) is 5.38. The Morgan fingerprint density at radius 2 is 2.24 bits per heavy atom. The molecule has 1 N–H and O–H groups in total. The van der Waals surface area contributed by atoms with Crippen LogP contribution in [-0.2, 0) is 11.2 Å². The van der Waals surface area contributed by atoms with Crippen molar-refractivity contribution in [2.45, 2.75) is 32.1 Å². The first kappa shape index (κ1) is 14.3. The zero-order chi connectivity index (χ0) is 15.2. The van der Waals surface area contributed by atoms with Crippen LogP contribution in [0.3, 0.4) is 0 Å². The highest BCUT2D eigenvalue weighted by Crippen LogP contribution is 2.57. The molecule has 2 fully saturated rings. The van der Waals surface area contributed by atoms with Gasteiger partial charge in [0, 0.05) is 16.7 Å². The summed E-state index contributed by atoms with van der Waals surface area (Å²) in [5.74, 6) is -0.258. The van der Waals surface area contributed by atoms with Gasteiger partial charge in [0.1, 0.15) is 0 Å². The minimum absolute atomic E-state index is 0.0391. The predicted octanol–water partition coefficient (Wildman–Crippen LogP) is 3.68. The van der Waals surface area contributed by atoms with Crippen LogP contribution >= 0.6 is 11.6 Å². The zero-order valence-electron chi connectivity index (χ0n) is 11.4. The summed E-state index contributed by atoms with van der Waals surface area (Å²) in [6, 6.07) is 4.37. The molecule has 0 amide bonds. The fourth-order valence-corrected chi connectivity index (χ4v) is 4.41. The SMILES string of the molecule is O=C(O)C1(Cc2cc(Cl)ccc2[N+](=O)[O-])CC2CCC1C2. The Morgan fingerprint density at radius 3 is 2.76 bits per heavy atom. The van der Waals surface area contributed by atoms with Crippen molar-refractivity contribution in [1.82, 2.24) is 0 Å². The third-order valence-electron chi connectivity index (χ3n) is 5.15. The number of hydrogen-bond acceptors (Lipinski definition) is 3. The molecule has 0 heterocycles. The fourth-order valence-electron chi connectivity index (χ4n) is 4.21. The van der Waals surface area contributed by atoms with Gasteiger partial charge in [-0.15, -0.1) is 0 Å². The van der Waals surface area contributed by atoms with Crippen molar-refractivity contribution in [2.24, 2.45) is 17.3 Å². The average molecular weight is 310 g/mol. The van der Waals surface area contributed by atoms with Crippen molar-refractivity contribution in [1.29, 1.82) is 0 Å². The Labute approximate surface area is 127 Å². The van der Waals surface area contributed by atoms with Gasteiger partial charge in [0.15, 0.2) is 0 Å². The first-order valence-electron chi connectivity index (χ1n) is 7.08. The largest absolute Gasteiger partial charge is 0.481 e. The molecule has 0 aliphatic heterocycles. The van der Waals surface area contributed by atoms with E-state index in [0.717, 1.165) is 19.3 Å². The van der Waals surface area contributed by atoms with Gasteiger partial charge < -0.3 is 5.11 Å². The van der Waals surface area contributed by atoms with E-state index in [-0.39, 0.29) is 18.0 Å². The van der Waals surface area contributed by atoms with Crippen molar-refractivity contribution in [3.63, 3.8) is 0 Å². The van der Waals surface area contributed by atoms with E-state index < -0.39 is 16.3 Å². The van der Waals surface area contributed by atoms with Gasteiger partial charge in [0.05, 0.1) is 10.3 Å². The van der Waals surface area contributed by atoms with Crippen molar-refractivity contribution < 1.29 is 14.8 Å². The number of carboxylic acid groups (broad SMARTS) is 1. The molecule has 0 spiro atoms. The number of aliphatic carboxylic acids is 1. The van der Waals surface area contributed by atoms with Crippen LogP contribution in [0, 0.1) is 27.4 Å². The minimum atomic E-state index is -0.863. The molecular formula is C15H16ClNO4. The summed E-state index contributed by atoms with van der Waals surface area (Å²) in [6.07, 6.45) is 3.74. The van der Waals surface area contributed by atoms with Gasteiger partial charge in [0.25, 0.3) is 5.69 Å². The summed E-state index contributed by atoms with van der Waals surface area (Å²) in [6.45, 7) is 0. The summed E-state index contributed by atoms with van der Waals surface area (Å²) in [4.78, 5) is 22.6. The summed E-state index contributed by atoms with van der Waals surface area (Å²) >= 11 is 5.94. The third kappa shape index (κ3) is 2.29. The molecule has 3 rings (SSSR count). The summed E-state index contributed by atoms with van der Waals surface area (Å²) in [5.41, 5.74) is -0.469. The molecule has 3 atom stereocenters. The van der Waals surface area contributed by atoms with E-state index in [1.54, 1.807) is 0 Å². The van der Waals surface area contributed by atoms with Crippen LogP contribution in [0.25, 0.3) is 0 Å². The van der Waals surface area contributed by atoms with Crippen molar-refractivity contribution >= 4 is 23.3 Å².